The third-order valence-corrected chi connectivity index (χ3v) is 6.74. The predicted molar refractivity (Wildman–Crippen MR) is 131 cm³/mol. The van der Waals surface area contributed by atoms with E-state index < -0.39 is 38.7 Å². The van der Waals surface area contributed by atoms with Crippen LogP contribution in [0.1, 0.15) is 11.1 Å². The van der Waals surface area contributed by atoms with Crippen molar-refractivity contribution in [1.82, 2.24) is 14.3 Å². The molecule has 5 rings (SSSR count). The zero-order valence-corrected chi connectivity index (χ0v) is 20.3. The Labute approximate surface area is 208 Å². The van der Waals surface area contributed by atoms with Crippen molar-refractivity contribution in [2.45, 2.75) is 11.8 Å². The van der Waals surface area contributed by atoms with Crippen LogP contribution in [0.5, 0.6) is 0 Å². The zero-order valence-electron chi connectivity index (χ0n) is 19.5. The Morgan fingerprint density at radius 2 is 1.73 bits per heavy atom. The SMILES string of the molecule is Cn1cc([C@](O)(c2ccc3c(cnn3-c3ccc(F)cc3)c2)C(F)(F)F)c2cccc(NS(C)(=O)=O)c21. The third-order valence-electron chi connectivity index (χ3n) is 6.15. The molecule has 0 aliphatic heterocycles. The molecule has 192 valence electrons. The number of aromatic nitrogens is 3. The molecule has 0 amide bonds. The van der Waals surface area contributed by atoms with Gasteiger partial charge in [-0.05, 0) is 48.0 Å². The number of nitrogens with zero attached hydrogens (tertiary/aromatic N) is 3. The van der Waals surface area contributed by atoms with E-state index in [1.807, 2.05) is 0 Å². The fourth-order valence-electron chi connectivity index (χ4n) is 4.56. The molecule has 7 nitrogen and oxygen atoms in total. The van der Waals surface area contributed by atoms with Crippen LogP contribution in [0.4, 0.5) is 23.2 Å². The molecule has 0 radical (unpaired) electrons. The summed E-state index contributed by atoms with van der Waals surface area (Å²) in [5.41, 5.74) is -3.11. The van der Waals surface area contributed by atoms with E-state index in [-0.39, 0.29) is 16.6 Å². The van der Waals surface area contributed by atoms with Crippen LogP contribution in [0, 0.1) is 5.82 Å². The van der Waals surface area contributed by atoms with Crippen molar-refractivity contribution in [3.05, 3.63) is 90.0 Å². The Kier molecular flexibility index (Phi) is 5.57. The predicted octanol–water partition coefficient (Wildman–Crippen LogP) is 4.83. The molecule has 12 heteroatoms. The first-order chi connectivity index (χ1) is 17.3. The zero-order chi connectivity index (χ0) is 26.8. The van der Waals surface area contributed by atoms with Crippen LogP contribution in [0.25, 0.3) is 27.5 Å². The molecule has 2 aromatic heterocycles. The highest BCUT2D eigenvalue weighted by molar-refractivity contribution is 7.92. The lowest BCUT2D eigenvalue weighted by molar-refractivity contribution is -0.247. The number of para-hydroxylation sites is 1. The summed E-state index contributed by atoms with van der Waals surface area (Å²) in [5.74, 6) is -0.442. The molecular weight excluding hydrogens is 512 g/mol. The van der Waals surface area contributed by atoms with Crippen LogP contribution in [0.3, 0.4) is 0 Å². The first-order valence-corrected chi connectivity index (χ1v) is 12.8. The first kappa shape index (κ1) is 24.8. The van der Waals surface area contributed by atoms with E-state index in [1.165, 1.54) is 77.1 Å². The van der Waals surface area contributed by atoms with E-state index in [0.717, 1.165) is 18.5 Å². The van der Waals surface area contributed by atoms with Crippen LogP contribution >= 0.6 is 0 Å². The molecular formula is C25H20F4N4O3S. The van der Waals surface area contributed by atoms with Gasteiger partial charge in [0.1, 0.15) is 5.82 Å². The summed E-state index contributed by atoms with van der Waals surface area (Å²) in [6.07, 6.45) is -1.71. The maximum absolute atomic E-state index is 14.7. The topological polar surface area (TPSA) is 89.2 Å². The molecule has 5 aromatic rings. The van der Waals surface area contributed by atoms with Gasteiger partial charge < -0.3 is 9.67 Å². The van der Waals surface area contributed by atoms with E-state index in [4.69, 9.17) is 0 Å². The number of benzene rings is 3. The van der Waals surface area contributed by atoms with Crippen molar-refractivity contribution in [2.24, 2.45) is 7.05 Å². The normalized spacial score (nSPS) is 14.2. The van der Waals surface area contributed by atoms with E-state index in [1.54, 1.807) is 0 Å². The summed E-state index contributed by atoms with van der Waals surface area (Å²) in [7, 11) is -2.25. The van der Waals surface area contributed by atoms with Gasteiger partial charge in [0, 0.05) is 29.6 Å². The van der Waals surface area contributed by atoms with Gasteiger partial charge in [0.05, 0.1) is 34.9 Å². The number of nitrogens with one attached hydrogen (secondary N) is 1. The summed E-state index contributed by atoms with van der Waals surface area (Å²) in [4.78, 5) is 0. The van der Waals surface area contributed by atoms with Gasteiger partial charge >= 0.3 is 6.18 Å². The van der Waals surface area contributed by atoms with Crippen molar-refractivity contribution < 1.29 is 31.1 Å². The monoisotopic (exact) mass is 532 g/mol. The van der Waals surface area contributed by atoms with Gasteiger partial charge in [-0.3, -0.25) is 4.72 Å². The van der Waals surface area contributed by atoms with Crippen LogP contribution < -0.4 is 4.72 Å². The van der Waals surface area contributed by atoms with Crippen molar-refractivity contribution in [2.75, 3.05) is 11.0 Å². The molecule has 3 aromatic carbocycles. The van der Waals surface area contributed by atoms with E-state index in [2.05, 4.69) is 9.82 Å². The smallest absolute Gasteiger partial charge is 0.372 e. The Morgan fingerprint density at radius 3 is 2.38 bits per heavy atom. The van der Waals surface area contributed by atoms with Crippen LogP contribution in [0.15, 0.2) is 73.1 Å². The Bertz CT molecular complexity index is 1760. The van der Waals surface area contributed by atoms with E-state index in [9.17, 15) is 31.1 Å². The van der Waals surface area contributed by atoms with Gasteiger partial charge in [-0.2, -0.15) is 18.3 Å². The van der Waals surface area contributed by atoms with Crippen LogP contribution in [-0.4, -0.2) is 40.3 Å². The number of anilines is 1. The number of aryl methyl sites for hydroxylation is 1. The second kappa shape index (κ2) is 8.32. The minimum Gasteiger partial charge on any atom is -0.372 e. The highest BCUT2D eigenvalue weighted by Gasteiger charge is 2.57. The molecule has 0 aliphatic rings. The fraction of sp³-hybridized carbons (Fsp3) is 0.160. The van der Waals surface area contributed by atoms with Gasteiger partial charge in [-0.15, -0.1) is 0 Å². The van der Waals surface area contributed by atoms with Gasteiger partial charge in [0.2, 0.25) is 15.6 Å². The summed E-state index contributed by atoms with van der Waals surface area (Å²) < 4.78 is 86.0. The minimum atomic E-state index is -5.14. The summed E-state index contributed by atoms with van der Waals surface area (Å²) in [6, 6.07) is 13.4. The minimum absolute atomic E-state index is 0.0260. The van der Waals surface area contributed by atoms with Gasteiger partial charge in [-0.25, -0.2) is 17.5 Å². The maximum Gasteiger partial charge on any atom is 0.425 e. The van der Waals surface area contributed by atoms with Crippen LogP contribution in [-0.2, 0) is 22.7 Å². The molecule has 2 heterocycles. The lowest BCUT2D eigenvalue weighted by atomic mass is 9.85. The molecule has 0 fully saturated rings. The highest BCUT2D eigenvalue weighted by atomic mass is 32.2. The molecule has 0 saturated heterocycles. The summed E-state index contributed by atoms with van der Waals surface area (Å²) >= 11 is 0. The fourth-order valence-corrected chi connectivity index (χ4v) is 5.12. The van der Waals surface area contributed by atoms with E-state index in [0.29, 0.717) is 16.6 Å². The number of sulfonamides is 1. The number of rotatable bonds is 5. The quantitative estimate of drug-likeness (QED) is 0.318. The lowest BCUT2D eigenvalue weighted by Gasteiger charge is -2.31. The molecule has 1 atom stereocenters. The highest BCUT2D eigenvalue weighted by Crippen LogP contribution is 2.48. The van der Waals surface area contributed by atoms with Gasteiger partial charge in [0.25, 0.3) is 0 Å². The number of halogens is 4. The number of hydrogen-bond donors (Lipinski definition) is 2. The van der Waals surface area contributed by atoms with Crippen molar-refractivity contribution in [3.63, 3.8) is 0 Å². The number of alkyl halides is 3. The Morgan fingerprint density at radius 1 is 1.03 bits per heavy atom. The van der Waals surface area contributed by atoms with Gasteiger partial charge in [0.15, 0.2) is 0 Å². The second-order valence-corrected chi connectivity index (χ2v) is 10.5. The number of hydrogen-bond acceptors (Lipinski definition) is 4. The summed E-state index contributed by atoms with van der Waals surface area (Å²) in [6.45, 7) is 0. The maximum atomic E-state index is 14.7. The molecule has 2 N–H and O–H groups in total. The standard InChI is InChI=1S/C25H20F4N4O3S/c1-32-14-20(19-4-3-5-21(23(19)32)31-37(2,35)36)24(34,25(27,28)29)16-6-11-22-15(12-16)13-30-33(22)18-9-7-17(26)8-10-18/h3-14,31,34H,1-2H3/t24-/m1/s1. The van der Waals surface area contributed by atoms with Gasteiger partial charge in [-0.1, -0.05) is 18.2 Å². The molecule has 0 saturated carbocycles. The second-order valence-electron chi connectivity index (χ2n) is 8.74. The summed E-state index contributed by atoms with van der Waals surface area (Å²) in [5, 5.41) is 16.0. The average Bonchev–Trinajstić information content (AvgIpc) is 3.39. The number of fused-ring (bicyclic) bond motifs is 2. The average molecular weight is 533 g/mol. The Hall–Kier alpha value is -3.90. The van der Waals surface area contributed by atoms with E-state index >= 15 is 0 Å². The van der Waals surface area contributed by atoms with Crippen LogP contribution in [0.2, 0.25) is 0 Å². The third kappa shape index (κ3) is 4.11. The number of aliphatic hydroxyl groups is 1. The van der Waals surface area contributed by atoms with Crippen molar-refractivity contribution >= 4 is 37.5 Å². The largest absolute Gasteiger partial charge is 0.425 e. The Balaban J connectivity index is 1.71. The molecule has 37 heavy (non-hydrogen) atoms. The molecule has 0 unspecified atom stereocenters. The molecule has 0 bridgehead atoms. The molecule has 0 spiro atoms. The molecule has 0 aliphatic carbocycles. The van der Waals surface area contributed by atoms with Crippen molar-refractivity contribution in [1.29, 1.82) is 0 Å². The lowest BCUT2D eigenvalue weighted by Crippen LogP contribution is -2.43. The van der Waals surface area contributed by atoms with Crippen molar-refractivity contribution in [3.8, 4) is 5.69 Å². The first-order valence-electron chi connectivity index (χ1n) is 10.9.